The number of aromatic amines is 1. The molecule has 4 aromatic rings. The second-order valence-electron chi connectivity index (χ2n) is 5.67. The Balaban J connectivity index is 1.67. The summed E-state index contributed by atoms with van der Waals surface area (Å²) in [5.41, 5.74) is 0.0822. The summed E-state index contributed by atoms with van der Waals surface area (Å²) < 4.78 is 10.8. The molecule has 0 unspecified atom stereocenters. The molecule has 27 heavy (non-hydrogen) atoms. The standard InChI is InChI=1S/C20H12N2O5/c23-15-10-18(26-16-6-2-1-5-13(15)16)14-7-8-17(19(24)22-14)27-20(25)12-4-3-9-21-11-12/h1-11H,(H,22,24). The van der Waals surface area contributed by atoms with E-state index in [0.29, 0.717) is 16.7 Å². The molecule has 4 rings (SSSR count). The van der Waals surface area contributed by atoms with E-state index >= 15 is 0 Å². The summed E-state index contributed by atoms with van der Waals surface area (Å²) in [5, 5.41) is 0.450. The predicted molar refractivity (Wildman–Crippen MR) is 97.7 cm³/mol. The number of aromatic nitrogens is 2. The molecule has 1 N–H and O–H groups in total. The smallest absolute Gasteiger partial charge is 0.345 e. The van der Waals surface area contributed by atoms with Gasteiger partial charge >= 0.3 is 5.97 Å². The number of esters is 1. The summed E-state index contributed by atoms with van der Waals surface area (Å²) in [5.74, 6) is -0.657. The van der Waals surface area contributed by atoms with E-state index in [2.05, 4.69) is 9.97 Å². The topological polar surface area (TPSA) is 102 Å². The summed E-state index contributed by atoms with van der Waals surface area (Å²) in [6.45, 7) is 0. The Labute approximate surface area is 151 Å². The zero-order valence-corrected chi connectivity index (χ0v) is 13.8. The van der Waals surface area contributed by atoms with Crippen LogP contribution in [0.15, 0.2) is 81.0 Å². The average molecular weight is 360 g/mol. The Morgan fingerprint density at radius 1 is 1.04 bits per heavy atom. The summed E-state index contributed by atoms with van der Waals surface area (Å²) in [6.07, 6.45) is 2.87. The van der Waals surface area contributed by atoms with Crippen molar-refractivity contribution in [1.29, 1.82) is 0 Å². The van der Waals surface area contributed by atoms with Gasteiger partial charge < -0.3 is 14.1 Å². The number of nitrogens with zero attached hydrogens (tertiary/aromatic N) is 1. The zero-order valence-electron chi connectivity index (χ0n) is 13.8. The van der Waals surface area contributed by atoms with Gasteiger partial charge in [-0.3, -0.25) is 14.6 Å². The van der Waals surface area contributed by atoms with Crippen molar-refractivity contribution in [3.63, 3.8) is 0 Å². The molecular weight excluding hydrogens is 348 g/mol. The fraction of sp³-hybridized carbons (Fsp3) is 0. The fourth-order valence-corrected chi connectivity index (χ4v) is 2.56. The molecule has 7 nitrogen and oxygen atoms in total. The second-order valence-corrected chi connectivity index (χ2v) is 5.67. The number of fused-ring (bicyclic) bond motifs is 1. The van der Waals surface area contributed by atoms with E-state index in [0.717, 1.165) is 0 Å². The van der Waals surface area contributed by atoms with Crippen molar-refractivity contribution in [2.45, 2.75) is 0 Å². The number of hydrogen-bond acceptors (Lipinski definition) is 6. The normalized spacial score (nSPS) is 10.7. The third-order valence-electron chi connectivity index (χ3n) is 3.87. The third-order valence-corrected chi connectivity index (χ3v) is 3.87. The Morgan fingerprint density at radius 2 is 1.89 bits per heavy atom. The van der Waals surface area contributed by atoms with E-state index < -0.39 is 11.5 Å². The first-order valence-electron chi connectivity index (χ1n) is 8.00. The quantitative estimate of drug-likeness (QED) is 0.564. The number of rotatable bonds is 3. The lowest BCUT2D eigenvalue weighted by molar-refractivity contribution is 0.0732. The summed E-state index contributed by atoms with van der Waals surface area (Å²) in [6, 6.07) is 14.1. The molecule has 0 aliphatic heterocycles. The summed E-state index contributed by atoms with van der Waals surface area (Å²) >= 11 is 0. The molecule has 0 bridgehead atoms. The summed E-state index contributed by atoms with van der Waals surface area (Å²) in [7, 11) is 0. The maximum Gasteiger partial charge on any atom is 0.345 e. The largest absolute Gasteiger partial charge is 0.454 e. The van der Waals surface area contributed by atoms with Crippen LogP contribution in [0.2, 0.25) is 0 Å². The van der Waals surface area contributed by atoms with Crippen molar-refractivity contribution < 1.29 is 13.9 Å². The monoisotopic (exact) mass is 360 g/mol. The van der Waals surface area contributed by atoms with Crippen LogP contribution in [0.5, 0.6) is 5.75 Å². The first-order chi connectivity index (χ1) is 13.1. The van der Waals surface area contributed by atoms with Crippen LogP contribution in [0.4, 0.5) is 0 Å². The van der Waals surface area contributed by atoms with Gasteiger partial charge in [-0.2, -0.15) is 0 Å². The number of benzene rings is 1. The minimum Gasteiger partial charge on any atom is -0.454 e. The number of para-hydroxylation sites is 1. The number of hydrogen-bond donors (Lipinski definition) is 1. The number of nitrogens with one attached hydrogen (secondary N) is 1. The molecule has 0 radical (unpaired) electrons. The van der Waals surface area contributed by atoms with Crippen LogP contribution in [0.3, 0.4) is 0 Å². The Hall–Kier alpha value is -4.00. The highest BCUT2D eigenvalue weighted by Gasteiger charge is 2.13. The highest BCUT2D eigenvalue weighted by molar-refractivity contribution is 5.90. The van der Waals surface area contributed by atoms with Crippen LogP contribution in [0, 0.1) is 0 Å². The molecule has 132 valence electrons. The van der Waals surface area contributed by atoms with Crippen LogP contribution in [0.25, 0.3) is 22.4 Å². The highest BCUT2D eigenvalue weighted by atomic mass is 16.5. The Morgan fingerprint density at radius 3 is 2.67 bits per heavy atom. The molecule has 1 aromatic carbocycles. The molecule has 0 atom stereocenters. The van der Waals surface area contributed by atoms with E-state index in [9.17, 15) is 14.4 Å². The van der Waals surface area contributed by atoms with Crippen LogP contribution >= 0.6 is 0 Å². The van der Waals surface area contributed by atoms with Crippen molar-refractivity contribution in [2.75, 3.05) is 0 Å². The van der Waals surface area contributed by atoms with Crippen molar-refractivity contribution in [3.8, 4) is 17.2 Å². The van der Waals surface area contributed by atoms with E-state index in [1.54, 1.807) is 30.3 Å². The fourth-order valence-electron chi connectivity index (χ4n) is 2.56. The van der Waals surface area contributed by atoms with Gasteiger partial charge in [0, 0.05) is 18.5 Å². The Kier molecular flexibility index (Phi) is 4.10. The number of pyridine rings is 2. The SMILES string of the molecule is O=C(Oc1ccc(-c2cc(=O)c3ccccc3o2)[nH]c1=O)c1cccnc1. The van der Waals surface area contributed by atoms with Crippen LogP contribution in [-0.4, -0.2) is 15.9 Å². The molecule has 0 fully saturated rings. The second kappa shape index (κ2) is 6.72. The number of carbonyl (C=O) groups excluding carboxylic acids is 1. The average Bonchev–Trinajstić information content (AvgIpc) is 2.70. The van der Waals surface area contributed by atoms with Crippen LogP contribution < -0.4 is 15.7 Å². The third kappa shape index (κ3) is 3.25. The minimum atomic E-state index is -0.696. The lowest BCUT2D eigenvalue weighted by atomic mass is 10.2. The van der Waals surface area contributed by atoms with Gasteiger partial charge in [-0.1, -0.05) is 12.1 Å². The van der Waals surface area contributed by atoms with Crippen molar-refractivity contribution in [1.82, 2.24) is 9.97 Å². The molecular formula is C20H12N2O5. The molecule has 3 heterocycles. The van der Waals surface area contributed by atoms with E-state index in [1.807, 2.05) is 0 Å². The molecule has 0 aliphatic rings. The van der Waals surface area contributed by atoms with E-state index in [-0.39, 0.29) is 22.5 Å². The van der Waals surface area contributed by atoms with Gasteiger partial charge in [0.15, 0.2) is 16.9 Å². The molecule has 0 spiro atoms. The highest BCUT2D eigenvalue weighted by Crippen LogP contribution is 2.20. The van der Waals surface area contributed by atoms with E-state index in [4.69, 9.17) is 9.15 Å². The molecule has 0 aliphatic carbocycles. The number of ether oxygens (including phenoxy) is 1. The zero-order chi connectivity index (χ0) is 18.8. The van der Waals surface area contributed by atoms with Crippen molar-refractivity contribution in [3.05, 3.63) is 93.1 Å². The molecule has 0 saturated carbocycles. The lowest BCUT2D eigenvalue weighted by Crippen LogP contribution is -2.17. The minimum absolute atomic E-state index is 0.171. The maximum atomic E-state index is 12.3. The van der Waals surface area contributed by atoms with Gasteiger partial charge in [-0.05, 0) is 36.4 Å². The maximum absolute atomic E-state index is 12.3. The number of H-pyrrole nitrogens is 1. The first-order valence-corrected chi connectivity index (χ1v) is 8.00. The van der Waals surface area contributed by atoms with Gasteiger partial charge in [-0.25, -0.2) is 4.79 Å². The Bertz CT molecular complexity index is 1260. The van der Waals surface area contributed by atoms with Gasteiger partial charge in [0.1, 0.15) is 5.58 Å². The van der Waals surface area contributed by atoms with Gasteiger partial charge in [-0.15, -0.1) is 0 Å². The predicted octanol–water partition coefficient (Wildman–Crippen LogP) is 2.76. The molecule has 3 aromatic heterocycles. The lowest BCUT2D eigenvalue weighted by Gasteiger charge is -2.06. The van der Waals surface area contributed by atoms with Gasteiger partial charge in [0.25, 0.3) is 5.56 Å². The molecule has 0 saturated heterocycles. The van der Waals surface area contributed by atoms with Crippen molar-refractivity contribution >= 4 is 16.9 Å². The van der Waals surface area contributed by atoms with Crippen LogP contribution in [0.1, 0.15) is 10.4 Å². The summed E-state index contributed by atoms with van der Waals surface area (Å²) in [4.78, 5) is 42.9. The van der Waals surface area contributed by atoms with Crippen LogP contribution in [-0.2, 0) is 0 Å². The number of carbonyl (C=O) groups is 1. The molecule has 0 amide bonds. The first kappa shape index (κ1) is 16.5. The molecule has 7 heteroatoms. The van der Waals surface area contributed by atoms with E-state index in [1.165, 1.54) is 36.7 Å². The van der Waals surface area contributed by atoms with Gasteiger partial charge in [0.05, 0.1) is 16.6 Å². The van der Waals surface area contributed by atoms with Crippen molar-refractivity contribution in [2.24, 2.45) is 0 Å². The van der Waals surface area contributed by atoms with Gasteiger partial charge in [0.2, 0.25) is 0 Å².